The number of hydrogen-bond acceptors (Lipinski definition) is 6. The Morgan fingerprint density at radius 3 is 2.39 bits per heavy atom. The van der Waals surface area contributed by atoms with E-state index in [1.165, 1.54) is 19.2 Å². The first-order chi connectivity index (χ1) is 13.1. The summed E-state index contributed by atoms with van der Waals surface area (Å²) in [7, 11) is 1.52. The van der Waals surface area contributed by atoms with E-state index in [2.05, 4.69) is 0 Å². The Morgan fingerprint density at radius 2 is 1.86 bits per heavy atom. The normalized spacial score (nSPS) is 19.1. The fraction of sp³-hybridized carbons (Fsp3) is 0.650. The van der Waals surface area contributed by atoms with E-state index in [-0.39, 0.29) is 23.3 Å². The van der Waals surface area contributed by atoms with Gasteiger partial charge in [-0.15, -0.1) is 0 Å². The van der Waals surface area contributed by atoms with Crippen molar-refractivity contribution in [3.8, 4) is 11.5 Å². The molecule has 0 unspecified atom stereocenters. The predicted molar refractivity (Wildman–Crippen MR) is 103 cm³/mol. The van der Waals surface area contributed by atoms with Crippen molar-refractivity contribution in [2.24, 2.45) is 5.41 Å². The van der Waals surface area contributed by atoms with Crippen molar-refractivity contribution >= 4 is 11.8 Å². The Labute approximate surface area is 164 Å². The number of amides is 1. The number of carbonyl (C=O) groups excluding carboxylic acids is 1. The quantitative estimate of drug-likeness (QED) is 0.564. The molecule has 1 aromatic rings. The monoisotopic (exact) mass is 392 g/mol. The van der Waals surface area contributed by atoms with Gasteiger partial charge in [0.1, 0.15) is 5.60 Å². The molecule has 0 radical (unpaired) electrons. The van der Waals surface area contributed by atoms with E-state index in [9.17, 15) is 14.9 Å². The van der Waals surface area contributed by atoms with Gasteiger partial charge in [0.15, 0.2) is 11.5 Å². The Bertz CT molecular complexity index is 742. The van der Waals surface area contributed by atoms with Crippen LogP contribution < -0.4 is 9.47 Å². The molecule has 0 atom stereocenters. The maximum Gasteiger partial charge on any atom is 0.410 e. The molecule has 1 amide bonds. The third-order valence-electron chi connectivity index (χ3n) is 5.35. The molecule has 1 heterocycles. The highest BCUT2D eigenvalue weighted by Gasteiger charge is 2.48. The summed E-state index contributed by atoms with van der Waals surface area (Å²) < 4.78 is 16.7. The van der Waals surface area contributed by atoms with E-state index in [1.54, 1.807) is 11.0 Å². The lowest BCUT2D eigenvalue weighted by molar-refractivity contribution is -0.385. The number of rotatable bonds is 4. The molecule has 1 aromatic carbocycles. The van der Waals surface area contributed by atoms with Crippen LogP contribution in [0.25, 0.3) is 0 Å². The minimum atomic E-state index is -0.483. The van der Waals surface area contributed by atoms with Gasteiger partial charge in [-0.2, -0.15) is 0 Å². The van der Waals surface area contributed by atoms with Gasteiger partial charge < -0.3 is 19.1 Å². The van der Waals surface area contributed by atoms with Crippen LogP contribution in [-0.4, -0.2) is 47.8 Å². The van der Waals surface area contributed by atoms with Crippen LogP contribution in [0.4, 0.5) is 10.5 Å². The number of likely N-dealkylation sites (tertiary alicyclic amines) is 1. The lowest BCUT2D eigenvalue weighted by Gasteiger charge is -2.53. The second kappa shape index (κ2) is 7.48. The van der Waals surface area contributed by atoms with Gasteiger partial charge in [0.05, 0.1) is 24.2 Å². The van der Waals surface area contributed by atoms with Crippen molar-refractivity contribution in [2.45, 2.75) is 58.2 Å². The van der Waals surface area contributed by atoms with Crippen molar-refractivity contribution in [2.75, 3.05) is 20.2 Å². The average molecular weight is 392 g/mol. The molecule has 1 aliphatic carbocycles. The number of methoxy groups -OCH3 is 1. The van der Waals surface area contributed by atoms with Crippen LogP contribution in [0.1, 0.15) is 46.5 Å². The summed E-state index contributed by atoms with van der Waals surface area (Å²) in [5.74, 6) is 0.896. The first-order valence-corrected chi connectivity index (χ1v) is 9.58. The van der Waals surface area contributed by atoms with Crippen LogP contribution in [-0.2, 0) is 4.74 Å². The summed E-state index contributed by atoms with van der Waals surface area (Å²) in [4.78, 5) is 24.5. The number of nitrogens with zero attached hydrogens (tertiary/aromatic N) is 2. The van der Waals surface area contributed by atoms with E-state index in [1.807, 2.05) is 20.8 Å². The molecular formula is C20H28N2O6. The SMILES string of the molecule is COc1ccc([N+](=O)[O-])cc1OC1CCC2(CC1)CN(C(=O)OC(C)(C)C)C2. The summed E-state index contributed by atoms with van der Waals surface area (Å²) in [6.45, 7) is 7.03. The number of benzene rings is 1. The van der Waals surface area contributed by atoms with Gasteiger partial charge in [-0.1, -0.05) is 0 Å². The third-order valence-corrected chi connectivity index (χ3v) is 5.35. The molecule has 3 rings (SSSR count). The van der Waals surface area contributed by atoms with E-state index in [4.69, 9.17) is 14.2 Å². The Hall–Kier alpha value is -2.51. The molecule has 2 fully saturated rings. The molecule has 154 valence electrons. The van der Waals surface area contributed by atoms with Gasteiger partial charge in [0.25, 0.3) is 5.69 Å². The molecule has 1 saturated carbocycles. The number of nitro groups is 1. The average Bonchev–Trinajstić information content (AvgIpc) is 2.59. The first-order valence-electron chi connectivity index (χ1n) is 9.58. The molecule has 1 aliphatic heterocycles. The minimum Gasteiger partial charge on any atom is -0.493 e. The van der Waals surface area contributed by atoms with Crippen LogP contribution in [0.2, 0.25) is 0 Å². The fourth-order valence-corrected chi connectivity index (χ4v) is 3.91. The lowest BCUT2D eigenvalue weighted by atomic mass is 9.68. The molecule has 0 aromatic heterocycles. The van der Waals surface area contributed by atoms with Gasteiger partial charge in [-0.05, 0) is 52.5 Å². The molecule has 1 spiro atoms. The number of hydrogen-bond donors (Lipinski definition) is 0. The number of nitro benzene ring substituents is 1. The molecule has 1 saturated heterocycles. The number of carbonyl (C=O) groups is 1. The second-order valence-electron chi connectivity index (χ2n) is 8.75. The molecule has 0 bridgehead atoms. The molecule has 2 aliphatic rings. The van der Waals surface area contributed by atoms with E-state index >= 15 is 0 Å². The molecular weight excluding hydrogens is 364 g/mol. The van der Waals surface area contributed by atoms with Crippen molar-refractivity contribution in [3.05, 3.63) is 28.3 Å². The van der Waals surface area contributed by atoms with Crippen LogP contribution in [0.3, 0.4) is 0 Å². The molecule has 8 heteroatoms. The van der Waals surface area contributed by atoms with Crippen LogP contribution in [0.5, 0.6) is 11.5 Å². The highest BCUT2D eigenvalue weighted by Crippen LogP contribution is 2.45. The summed E-state index contributed by atoms with van der Waals surface area (Å²) in [6, 6.07) is 4.38. The summed E-state index contributed by atoms with van der Waals surface area (Å²) in [6.07, 6.45) is 3.32. The Kier molecular flexibility index (Phi) is 5.41. The van der Waals surface area contributed by atoms with E-state index in [0.717, 1.165) is 38.8 Å². The van der Waals surface area contributed by atoms with Gasteiger partial charge >= 0.3 is 6.09 Å². The smallest absolute Gasteiger partial charge is 0.410 e. The Balaban J connectivity index is 1.54. The largest absolute Gasteiger partial charge is 0.493 e. The topological polar surface area (TPSA) is 91.1 Å². The zero-order chi connectivity index (χ0) is 20.5. The highest BCUT2D eigenvalue weighted by atomic mass is 16.6. The van der Waals surface area contributed by atoms with Gasteiger partial charge in [-0.3, -0.25) is 10.1 Å². The minimum absolute atomic E-state index is 0.0166. The summed E-state index contributed by atoms with van der Waals surface area (Å²) in [5, 5.41) is 11.0. The second-order valence-corrected chi connectivity index (χ2v) is 8.75. The fourth-order valence-electron chi connectivity index (χ4n) is 3.91. The Morgan fingerprint density at radius 1 is 1.21 bits per heavy atom. The maximum absolute atomic E-state index is 12.1. The van der Waals surface area contributed by atoms with Crippen molar-refractivity contribution < 1.29 is 23.9 Å². The van der Waals surface area contributed by atoms with E-state index < -0.39 is 10.5 Å². The molecule has 28 heavy (non-hydrogen) atoms. The van der Waals surface area contributed by atoms with Crippen LogP contribution in [0.15, 0.2) is 18.2 Å². The zero-order valence-electron chi connectivity index (χ0n) is 16.9. The van der Waals surface area contributed by atoms with Crippen LogP contribution in [0, 0.1) is 15.5 Å². The van der Waals surface area contributed by atoms with Gasteiger partial charge in [0.2, 0.25) is 0 Å². The third kappa shape index (κ3) is 4.48. The molecule has 0 N–H and O–H groups in total. The van der Waals surface area contributed by atoms with Crippen molar-refractivity contribution in [1.29, 1.82) is 0 Å². The predicted octanol–water partition coefficient (Wildman–Crippen LogP) is 4.16. The zero-order valence-corrected chi connectivity index (χ0v) is 16.9. The number of non-ortho nitro benzene ring substituents is 1. The van der Waals surface area contributed by atoms with Crippen molar-refractivity contribution in [1.82, 2.24) is 4.90 Å². The van der Waals surface area contributed by atoms with Crippen LogP contribution >= 0.6 is 0 Å². The van der Waals surface area contributed by atoms with Gasteiger partial charge in [-0.25, -0.2) is 4.79 Å². The first kappa shape index (κ1) is 20.2. The molecule has 8 nitrogen and oxygen atoms in total. The summed E-state index contributed by atoms with van der Waals surface area (Å²) >= 11 is 0. The van der Waals surface area contributed by atoms with Crippen molar-refractivity contribution in [3.63, 3.8) is 0 Å². The number of ether oxygens (including phenoxy) is 3. The standard InChI is InChI=1S/C20H28N2O6/c1-19(2,3)28-18(23)21-12-20(13-21)9-7-15(8-10-20)27-17-11-14(22(24)25)5-6-16(17)26-4/h5-6,11,15H,7-10,12-13H2,1-4H3. The highest BCUT2D eigenvalue weighted by molar-refractivity contribution is 5.69. The van der Waals surface area contributed by atoms with E-state index in [0.29, 0.717) is 11.5 Å². The maximum atomic E-state index is 12.1. The summed E-state index contributed by atoms with van der Waals surface area (Å²) in [5.41, 5.74) is -0.359. The lowest BCUT2D eigenvalue weighted by Crippen LogP contribution is -2.60. The van der Waals surface area contributed by atoms with Gasteiger partial charge in [0, 0.05) is 24.6 Å².